The summed E-state index contributed by atoms with van der Waals surface area (Å²) in [6, 6.07) is 8.13. The predicted molar refractivity (Wildman–Crippen MR) is 80.3 cm³/mol. The SMILES string of the molecule is Cn1ncc(Br)c1C(NN)C1CCOc2ccccc21. The Kier molecular flexibility index (Phi) is 3.78. The fourth-order valence-corrected chi connectivity index (χ4v) is 3.47. The number of nitrogens with one attached hydrogen (secondary N) is 1. The first kappa shape index (κ1) is 13.6. The zero-order chi connectivity index (χ0) is 14.1. The van der Waals surface area contributed by atoms with Crippen molar-refractivity contribution in [3.63, 3.8) is 0 Å². The molecule has 5 nitrogen and oxygen atoms in total. The van der Waals surface area contributed by atoms with Crippen molar-refractivity contribution in [3.05, 3.63) is 46.2 Å². The van der Waals surface area contributed by atoms with Crippen LogP contribution in [0.4, 0.5) is 0 Å². The van der Waals surface area contributed by atoms with Crippen molar-refractivity contribution < 1.29 is 4.74 Å². The number of aryl methyl sites for hydroxylation is 1. The van der Waals surface area contributed by atoms with Gasteiger partial charge in [-0.2, -0.15) is 5.10 Å². The van der Waals surface area contributed by atoms with Crippen molar-refractivity contribution >= 4 is 15.9 Å². The Morgan fingerprint density at radius 2 is 2.30 bits per heavy atom. The smallest absolute Gasteiger partial charge is 0.122 e. The quantitative estimate of drug-likeness (QED) is 0.666. The highest BCUT2D eigenvalue weighted by molar-refractivity contribution is 9.10. The summed E-state index contributed by atoms with van der Waals surface area (Å²) >= 11 is 3.55. The molecular weight excluding hydrogens is 320 g/mol. The first-order chi connectivity index (χ1) is 9.72. The summed E-state index contributed by atoms with van der Waals surface area (Å²) in [7, 11) is 1.93. The molecule has 3 rings (SSSR count). The number of benzene rings is 1. The van der Waals surface area contributed by atoms with E-state index < -0.39 is 0 Å². The highest BCUT2D eigenvalue weighted by Gasteiger charge is 2.32. The number of hydrogen-bond donors (Lipinski definition) is 2. The molecule has 0 saturated carbocycles. The van der Waals surface area contributed by atoms with Gasteiger partial charge in [0.25, 0.3) is 0 Å². The fraction of sp³-hybridized carbons (Fsp3) is 0.357. The zero-order valence-corrected chi connectivity index (χ0v) is 12.8. The first-order valence-corrected chi connectivity index (χ1v) is 7.37. The number of hydrazine groups is 1. The van der Waals surface area contributed by atoms with E-state index in [0.717, 1.165) is 22.3 Å². The van der Waals surface area contributed by atoms with E-state index in [4.69, 9.17) is 10.6 Å². The second-order valence-electron chi connectivity index (χ2n) is 4.93. The van der Waals surface area contributed by atoms with Crippen molar-refractivity contribution in [2.24, 2.45) is 12.9 Å². The van der Waals surface area contributed by atoms with Gasteiger partial charge >= 0.3 is 0 Å². The lowest BCUT2D eigenvalue weighted by molar-refractivity contribution is 0.243. The van der Waals surface area contributed by atoms with Crippen LogP contribution in [0.1, 0.15) is 29.6 Å². The molecule has 1 aliphatic heterocycles. The van der Waals surface area contributed by atoms with E-state index in [1.54, 1.807) is 6.20 Å². The van der Waals surface area contributed by atoms with Crippen molar-refractivity contribution in [2.75, 3.05) is 6.61 Å². The Labute approximate surface area is 126 Å². The number of nitrogens with two attached hydrogens (primary N) is 1. The minimum Gasteiger partial charge on any atom is -0.493 e. The lowest BCUT2D eigenvalue weighted by Crippen LogP contribution is -2.36. The number of ether oxygens (including phenoxy) is 1. The Balaban J connectivity index is 2.03. The van der Waals surface area contributed by atoms with Gasteiger partial charge in [-0.15, -0.1) is 0 Å². The molecule has 106 valence electrons. The van der Waals surface area contributed by atoms with E-state index in [0.29, 0.717) is 6.61 Å². The van der Waals surface area contributed by atoms with Crippen molar-refractivity contribution in [1.82, 2.24) is 15.2 Å². The molecule has 2 atom stereocenters. The maximum Gasteiger partial charge on any atom is 0.122 e. The number of para-hydroxylation sites is 1. The molecule has 0 spiro atoms. The summed E-state index contributed by atoms with van der Waals surface area (Å²) in [5.41, 5.74) is 5.19. The topological polar surface area (TPSA) is 65.1 Å². The normalized spacial score (nSPS) is 19.2. The number of rotatable bonds is 3. The standard InChI is InChI=1S/C14H17BrN4O/c1-19-14(11(15)8-17-19)13(18-16)10-6-7-20-12-5-3-2-4-9(10)12/h2-5,8,10,13,18H,6-7,16H2,1H3. The maximum atomic E-state index is 5.84. The van der Waals surface area contributed by atoms with Gasteiger partial charge in [0, 0.05) is 13.0 Å². The van der Waals surface area contributed by atoms with Crippen LogP contribution in [0.3, 0.4) is 0 Å². The monoisotopic (exact) mass is 336 g/mol. The summed E-state index contributed by atoms with van der Waals surface area (Å²) in [5.74, 6) is 7.04. The van der Waals surface area contributed by atoms with E-state index in [1.165, 1.54) is 5.56 Å². The molecule has 1 aromatic carbocycles. The van der Waals surface area contributed by atoms with Gasteiger partial charge in [0.1, 0.15) is 5.75 Å². The molecule has 6 heteroatoms. The molecule has 0 fully saturated rings. The van der Waals surface area contributed by atoms with Gasteiger partial charge < -0.3 is 4.74 Å². The van der Waals surface area contributed by atoms with Crippen LogP contribution in [0.5, 0.6) is 5.75 Å². The van der Waals surface area contributed by atoms with Crippen molar-refractivity contribution in [3.8, 4) is 5.75 Å². The lowest BCUT2D eigenvalue weighted by Gasteiger charge is -2.32. The molecule has 0 saturated heterocycles. The molecule has 0 bridgehead atoms. The number of hydrogen-bond acceptors (Lipinski definition) is 4. The lowest BCUT2D eigenvalue weighted by atomic mass is 9.85. The van der Waals surface area contributed by atoms with Crippen LogP contribution in [0.15, 0.2) is 34.9 Å². The van der Waals surface area contributed by atoms with E-state index >= 15 is 0 Å². The maximum absolute atomic E-state index is 5.84. The van der Waals surface area contributed by atoms with Crippen LogP contribution >= 0.6 is 15.9 Å². The van der Waals surface area contributed by atoms with Gasteiger partial charge in [0.05, 0.1) is 29.0 Å². The van der Waals surface area contributed by atoms with Crippen LogP contribution in [0.2, 0.25) is 0 Å². The van der Waals surface area contributed by atoms with E-state index in [-0.39, 0.29) is 12.0 Å². The molecule has 2 aromatic rings. The van der Waals surface area contributed by atoms with Gasteiger partial charge in [-0.3, -0.25) is 16.0 Å². The third-order valence-electron chi connectivity index (χ3n) is 3.82. The summed E-state index contributed by atoms with van der Waals surface area (Å²) in [4.78, 5) is 0. The number of halogens is 1. The van der Waals surface area contributed by atoms with E-state index in [1.807, 2.05) is 29.9 Å². The van der Waals surface area contributed by atoms with E-state index in [2.05, 4.69) is 32.5 Å². The predicted octanol–water partition coefficient (Wildman–Crippen LogP) is 2.25. The summed E-state index contributed by atoms with van der Waals surface area (Å²) in [6.07, 6.45) is 2.72. The van der Waals surface area contributed by atoms with Gasteiger partial charge in [0.15, 0.2) is 0 Å². The average Bonchev–Trinajstić information content (AvgIpc) is 2.81. The van der Waals surface area contributed by atoms with Gasteiger partial charge in [0.2, 0.25) is 0 Å². The minimum absolute atomic E-state index is 0.0121. The average molecular weight is 337 g/mol. The molecule has 1 aliphatic rings. The molecule has 0 radical (unpaired) electrons. The number of fused-ring (bicyclic) bond motifs is 1. The first-order valence-electron chi connectivity index (χ1n) is 6.57. The summed E-state index contributed by atoms with van der Waals surface area (Å²) < 4.78 is 8.54. The molecule has 2 heterocycles. The van der Waals surface area contributed by atoms with Crippen LogP contribution in [-0.2, 0) is 7.05 Å². The van der Waals surface area contributed by atoms with E-state index in [9.17, 15) is 0 Å². The molecule has 3 N–H and O–H groups in total. The Bertz CT molecular complexity index is 593. The molecule has 0 amide bonds. The second kappa shape index (κ2) is 5.55. The second-order valence-corrected chi connectivity index (χ2v) is 5.78. The van der Waals surface area contributed by atoms with Crippen LogP contribution < -0.4 is 16.0 Å². The highest BCUT2D eigenvalue weighted by atomic mass is 79.9. The summed E-state index contributed by atoms with van der Waals surface area (Å²) in [5, 5.41) is 4.28. The third kappa shape index (κ3) is 2.24. The Morgan fingerprint density at radius 3 is 3.00 bits per heavy atom. The third-order valence-corrected chi connectivity index (χ3v) is 4.43. The molecule has 2 unspecified atom stereocenters. The molecule has 20 heavy (non-hydrogen) atoms. The number of nitrogens with zero attached hydrogens (tertiary/aromatic N) is 2. The molecule has 1 aromatic heterocycles. The fourth-order valence-electron chi connectivity index (χ4n) is 2.87. The zero-order valence-electron chi connectivity index (χ0n) is 11.2. The minimum atomic E-state index is -0.0121. The largest absolute Gasteiger partial charge is 0.493 e. The van der Waals surface area contributed by atoms with Crippen molar-refractivity contribution in [1.29, 1.82) is 0 Å². The number of aromatic nitrogens is 2. The highest BCUT2D eigenvalue weighted by Crippen LogP contribution is 2.42. The van der Waals surface area contributed by atoms with Crippen LogP contribution in [0.25, 0.3) is 0 Å². The Morgan fingerprint density at radius 1 is 1.50 bits per heavy atom. The van der Waals surface area contributed by atoms with Gasteiger partial charge in [-0.1, -0.05) is 18.2 Å². The Hall–Kier alpha value is -1.37. The van der Waals surface area contributed by atoms with Crippen LogP contribution in [-0.4, -0.2) is 16.4 Å². The van der Waals surface area contributed by atoms with Gasteiger partial charge in [-0.25, -0.2) is 0 Å². The van der Waals surface area contributed by atoms with Gasteiger partial charge in [-0.05, 0) is 34.0 Å². The van der Waals surface area contributed by atoms with Crippen molar-refractivity contribution in [2.45, 2.75) is 18.4 Å². The van der Waals surface area contributed by atoms with Crippen LogP contribution in [0, 0.1) is 0 Å². The molecular formula is C14H17BrN4O. The summed E-state index contributed by atoms with van der Waals surface area (Å²) in [6.45, 7) is 0.704. The molecule has 0 aliphatic carbocycles.